The third-order valence-electron chi connectivity index (χ3n) is 4.29. The molecule has 3 unspecified atom stereocenters. The quantitative estimate of drug-likeness (QED) is 0.862. The Morgan fingerprint density at radius 1 is 1.35 bits per heavy atom. The highest BCUT2D eigenvalue weighted by Crippen LogP contribution is 2.36. The average Bonchev–Trinajstić information content (AvgIpc) is 3.03. The third kappa shape index (κ3) is 4.97. The Kier molecular flexibility index (Phi) is 4.95. The Morgan fingerprint density at radius 2 is 2.05 bits per heavy atom. The fourth-order valence-electron chi connectivity index (χ4n) is 2.88. The van der Waals surface area contributed by atoms with Crippen LogP contribution in [0.15, 0.2) is 0 Å². The Bertz CT molecular complexity index is 338. The predicted octanol–water partition coefficient (Wildman–Crippen LogP) is 2.88. The van der Waals surface area contributed by atoms with E-state index in [0.29, 0.717) is 5.92 Å². The van der Waals surface area contributed by atoms with Crippen LogP contribution in [0.25, 0.3) is 0 Å². The second kappa shape index (κ2) is 6.33. The number of amides is 1. The lowest BCUT2D eigenvalue weighted by Crippen LogP contribution is -2.45. The number of piperidine rings is 1. The molecule has 2 rings (SSSR count). The van der Waals surface area contributed by atoms with Gasteiger partial charge in [-0.2, -0.15) is 0 Å². The highest BCUT2D eigenvalue weighted by atomic mass is 16.6. The summed E-state index contributed by atoms with van der Waals surface area (Å²) in [5, 5.41) is 3.58. The van der Waals surface area contributed by atoms with E-state index in [1.54, 1.807) is 0 Å². The highest BCUT2D eigenvalue weighted by molar-refractivity contribution is 5.68. The van der Waals surface area contributed by atoms with Gasteiger partial charge in [0.1, 0.15) is 5.60 Å². The van der Waals surface area contributed by atoms with Crippen molar-refractivity contribution in [2.75, 3.05) is 26.2 Å². The summed E-state index contributed by atoms with van der Waals surface area (Å²) in [6.45, 7) is 11.9. The van der Waals surface area contributed by atoms with Gasteiger partial charge in [0.05, 0.1) is 0 Å². The molecule has 4 heteroatoms. The third-order valence-corrected chi connectivity index (χ3v) is 4.29. The smallest absolute Gasteiger partial charge is 0.410 e. The van der Waals surface area contributed by atoms with Gasteiger partial charge < -0.3 is 15.0 Å². The molecule has 0 radical (unpaired) electrons. The molecule has 1 aliphatic carbocycles. The van der Waals surface area contributed by atoms with Crippen molar-refractivity contribution in [2.24, 2.45) is 17.8 Å². The zero-order valence-corrected chi connectivity index (χ0v) is 13.4. The van der Waals surface area contributed by atoms with Gasteiger partial charge in [0.25, 0.3) is 0 Å². The molecule has 1 saturated carbocycles. The first kappa shape index (κ1) is 15.6. The number of carbonyl (C=O) groups excluding carboxylic acids is 1. The average molecular weight is 282 g/mol. The van der Waals surface area contributed by atoms with Crippen LogP contribution >= 0.6 is 0 Å². The van der Waals surface area contributed by atoms with Crippen molar-refractivity contribution in [2.45, 2.75) is 52.6 Å². The lowest BCUT2D eigenvalue weighted by atomic mass is 9.98. The predicted molar refractivity (Wildman–Crippen MR) is 80.7 cm³/mol. The largest absolute Gasteiger partial charge is 0.444 e. The number of carbonyl (C=O) groups is 1. The Morgan fingerprint density at radius 3 is 2.65 bits per heavy atom. The van der Waals surface area contributed by atoms with Crippen LogP contribution in [-0.2, 0) is 4.74 Å². The van der Waals surface area contributed by atoms with Crippen LogP contribution in [0.5, 0.6) is 0 Å². The summed E-state index contributed by atoms with van der Waals surface area (Å²) in [7, 11) is 0. The summed E-state index contributed by atoms with van der Waals surface area (Å²) in [6.07, 6.45) is 3.53. The summed E-state index contributed by atoms with van der Waals surface area (Å²) in [5.41, 5.74) is -0.398. The molecule has 1 amide bonds. The first-order valence-electron chi connectivity index (χ1n) is 8.04. The van der Waals surface area contributed by atoms with Gasteiger partial charge in [-0.1, -0.05) is 6.92 Å². The van der Waals surface area contributed by atoms with Gasteiger partial charge in [0.15, 0.2) is 0 Å². The number of nitrogens with one attached hydrogen (secondary N) is 1. The lowest BCUT2D eigenvalue weighted by Gasteiger charge is -2.34. The van der Waals surface area contributed by atoms with Gasteiger partial charge >= 0.3 is 6.09 Å². The van der Waals surface area contributed by atoms with Crippen LogP contribution in [0.1, 0.15) is 47.0 Å². The summed E-state index contributed by atoms with van der Waals surface area (Å²) < 4.78 is 5.46. The van der Waals surface area contributed by atoms with E-state index in [0.717, 1.165) is 44.4 Å². The van der Waals surface area contributed by atoms with Crippen LogP contribution in [0.2, 0.25) is 0 Å². The molecule has 4 nitrogen and oxygen atoms in total. The van der Waals surface area contributed by atoms with E-state index in [1.165, 1.54) is 12.8 Å². The van der Waals surface area contributed by atoms with Gasteiger partial charge in [-0.05, 0) is 70.9 Å². The number of hydrogen-bond donors (Lipinski definition) is 1. The summed E-state index contributed by atoms with van der Waals surface area (Å²) >= 11 is 0. The van der Waals surface area contributed by atoms with Crippen molar-refractivity contribution >= 4 is 6.09 Å². The Balaban J connectivity index is 1.69. The fraction of sp³-hybridized carbons (Fsp3) is 0.938. The molecule has 2 aliphatic rings. The molecule has 2 fully saturated rings. The van der Waals surface area contributed by atoms with Crippen LogP contribution < -0.4 is 5.32 Å². The molecule has 1 heterocycles. The first-order chi connectivity index (χ1) is 9.35. The van der Waals surface area contributed by atoms with E-state index in [-0.39, 0.29) is 6.09 Å². The summed E-state index contributed by atoms with van der Waals surface area (Å²) in [5.74, 6) is 2.37. The topological polar surface area (TPSA) is 41.6 Å². The Labute approximate surface area is 123 Å². The highest BCUT2D eigenvalue weighted by Gasteiger charge is 2.32. The Hall–Kier alpha value is -0.770. The minimum absolute atomic E-state index is 0.155. The molecule has 0 aromatic rings. The van der Waals surface area contributed by atoms with E-state index in [2.05, 4.69) is 12.2 Å². The minimum Gasteiger partial charge on any atom is -0.444 e. The van der Waals surface area contributed by atoms with Crippen molar-refractivity contribution in [3.05, 3.63) is 0 Å². The van der Waals surface area contributed by atoms with Gasteiger partial charge in [0, 0.05) is 13.1 Å². The fourth-order valence-corrected chi connectivity index (χ4v) is 2.88. The van der Waals surface area contributed by atoms with Crippen molar-refractivity contribution < 1.29 is 9.53 Å². The van der Waals surface area contributed by atoms with E-state index in [4.69, 9.17) is 4.74 Å². The van der Waals surface area contributed by atoms with E-state index in [9.17, 15) is 4.79 Å². The monoisotopic (exact) mass is 282 g/mol. The van der Waals surface area contributed by atoms with E-state index < -0.39 is 5.60 Å². The van der Waals surface area contributed by atoms with Crippen molar-refractivity contribution in [3.63, 3.8) is 0 Å². The number of hydrogen-bond acceptors (Lipinski definition) is 3. The molecular formula is C16H30N2O2. The normalized spacial score (nSPS) is 30.2. The number of nitrogens with zero attached hydrogens (tertiary/aromatic N) is 1. The van der Waals surface area contributed by atoms with Crippen molar-refractivity contribution in [1.29, 1.82) is 0 Å². The second-order valence-corrected chi connectivity index (χ2v) is 7.57. The lowest BCUT2D eigenvalue weighted by molar-refractivity contribution is 0.0166. The molecular weight excluding hydrogens is 252 g/mol. The van der Waals surface area contributed by atoms with Crippen LogP contribution in [0.4, 0.5) is 4.79 Å². The molecule has 116 valence electrons. The first-order valence-corrected chi connectivity index (χ1v) is 8.04. The van der Waals surface area contributed by atoms with Gasteiger partial charge in [-0.25, -0.2) is 4.79 Å². The maximum Gasteiger partial charge on any atom is 0.410 e. The van der Waals surface area contributed by atoms with Gasteiger partial charge in [-0.15, -0.1) is 0 Å². The van der Waals surface area contributed by atoms with Crippen LogP contribution in [-0.4, -0.2) is 42.8 Å². The molecule has 0 aromatic heterocycles. The van der Waals surface area contributed by atoms with Crippen LogP contribution in [0.3, 0.4) is 0 Å². The number of ether oxygens (including phenoxy) is 1. The van der Waals surface area contributed by atoms with Gasteiger partial charge in [-0.3, -0.25) is 0 Å². The number of likely N-dealkylation sites (tertiary alicyclic amines) is 1. The molecule has 1 saturated heterocycles. The molecule has 20 heavy (non-hydrogen) atoms. The molecule has 1 N–H and O–H groups in total. The molecule has 3 atom stereocenters. The maximum absolute atomic E-state index is 12.1. The number of rotatable bonds is 4. The zero-order valence-electron chi connectivity index (χ0n) is 13.4. The molecule has 0 spiro atoms. The second-order valence-electron chi connectivity index (χ2n) is 7.57. The van der Waals surface area contributed by atoms with E-state index in [1.807, 2.05) is 25.7 Å². The van der Waals surface area contributed by atoms with E-state index >= 15 is 0 Å². The maximum atomic E-state index is 12.1. The zero-order chi connectivity index (χ0) is 14.8. The molecule has 0 bridgehead atoms. The molecule has 1 aliphatic heterocycles. The SMILES string of the molecule is CC1CC1CNCC1CCCN(C(=O)OC(C)(C)C)C1. The van der Waals surface area contributed by atoms with Crippen molar-refractivity contribution in [3.8, 4) is 0 Å². The van der Waals surface area contributed by atoms with Crippen molar-refractivity contribution in [1.82, 2.24) is 10.2 Å². The standard InChI is InChI=1S/C16H30N2O2/c1-12-8-14(12)10-17-9-13-6-5-7-18(11-13)15(19)20-16(2,3)4/h12-14,17H,5-11H2,1-4H3. The minimum atomic E-state index is -0.398. The summed E-state index contributed by atoms with van der Waals surface area (Å²) in [4.78, 5) is 14.0. The van der Waals surface area contributed by atoms with Gasteiger partial charge in [0.2, 0.25) is 0 Å². The van der Waals surface area contributed by atoms with Crippen LogP contribution in [0, 0.1) is 17.8 Å². The molecule has 0 aromatic carbocycles. The summed E-state index contributed by atoms with van der Waals surface area (Å²) in [6, 6.07) is 0.